The van der Waals surface area contributed by atoms with Crippen LogP contribution in [0.3, 0.4) is 0 Å². The van der Waals surface area contributed by atoms with Crippen molar-refractivity contribution in [2.75, 3.05) is 6.54 Å². The first-order valence-corrected chi connectivity index (χ1v) is 4.48. The highest BCUT2D eigenvalue weighted by molar-refractivity contribution is 5.01. The number of hydrogen-bond acceptors (Lipinski definition) is 1. The monoisotopic (exact) mass is 153 g/mol. The Morgan fingerprint density at radius 3 is 2.64 bits per heavy atom. The fourth-order valence-electron chi connectivity index (χ4n) is 1.31. The lowest BCUT2D eigenvalue weighted by Crippen LogP contribution is -2.23. The van der Waals surface area contributed by atoms with Crippen LogP contribution in [0.2, 0.25) is 0 Å². The van der Waals surface area contributed by atoms with Gasteiger partial charge in [0.05, 0.1) is 0 Å². The van der Waals surface area contributed by atoms with E-state index in [0.717, 1.165) is 6.54 Å². The first kappa shape index (κ1) is 8.79. The molecule has 1 aliphatic rings. The molecule has 1 heteroatoms. The van der Waals surface area contributed by atoms with E-state index < -0.39 is 0 Å². The highest BCUT2D eigenvalue weighted by atomic mass is 14.9. The summed E-state index contributed by atoms with van der Waals surface area (Å²) in [5.74, 6) is 0. The van der Waals surface area contributed by atoms with Crippen molar-refractivity contribution in [2.45, 2.75) is 39.7 Å². The van der Waals surface area contributed by atoms with E-state index in [4.69, 9.17) is 0 Å². The second-order valence-corrected chi connectivity index (χ2v) is 4.54. The van der Waals surface area contributed by atoms with Crippen molar-refractivity contribution in [1.29, 1.82) is 0 Å². The van der Waals surface area contributed by atoms with Gasteiger partial charge >= 0.3 is 0 Å². The Labute approximate surface area is 69.9 Å². The van der Waals surface area contributed by atoms with Gasteiger partial charge in [-0.1, -0.05) is 32.9 Å². The Morgan fingerprint density at radius 2 is 2.18 bits per heavy atom. The van der Waals surface area contributed by atoms with Crippen LogP contribution in [0.4, 0.5) is 0 Å². The maximum Gasteiger partial charge on any atom is 0.0253 e. The predicted octanol–water partition coefficient (Wildman–Crippen LogP) is 2.34. The van der Waals surface area contributed by atoms with Crippen molar-refractivity contribution in [3.63, 3.8) is 0 Å². The van der Waals surface area contributed by atoms with Crippen LogP contribution in [0.25, 0.3) is 0 Å². The van der Waals surface area contributed by atoms with Gasteiger partial charge in [-0.3, -0.25) is 0 Å². The normalized spacial score (nSPS) is 24.5. The second kappa shape index (κ2) is 3.40. The van der Waals surface area contributed by atoms with Gasteiger partial charge in [-0.2, -0.15) is 0 Å². The Balaban J connectivity index is 2.17. The molecule has 0 aromatic rings. The molecule has 0 fully saturated rings. The lowest BCUT2D eigenvalue weighted by Gasteiger charge is -2.20. The average molecular weight is 153 g/mol. The molecule has 0 saturated carbocycles. The molecule has 0 aromatic heterocycles. The maximum atomic E-state index is 3.42. The van der Waals surface area contributed by atoms with E-state index in [1.165, 1.54) is 12.8 Å². The zero-order chi connectivity index (χ0) is 8.32. The molecular weight excluding hydrogens is 134 g/mol. The average Bonchev–Trinajstić information content (AvgIpc) is 2.32. The molecule has 0 bridgehead atoms. The summed E-state index contributed by atoms with van der Waals surface area (Å²) in [6.45, 7) is 7.96. The maximum absolute atomic E-state index is 3.42. The van der Waals surface area contributed by atoms with E-state index in [1.54, 1.807) is 0 Å². The SMILES string of the molecule is CC(C)(C)CCC1C=CCN1. The fourth-order valence-corrected chi connectivity index (χ4v) is 1.31. The highest BCUT2D eigenvalue weighted by Crippen LogP contribution is 2.22. The minimum absolute atomic E-state index is 0.484. The predicted molar refractivity (Wildman–Crippen MR) is 49.6 cm³/mol. The zero-order valence-corrected chi connectivity index (χ0v) is 7.85. The van der Waals surface area contributed by atoms with Gasteiger partial charge in [0, 0.05) is 12.6 Å². The minimum Gasteiger partial charge on any atom is -0.307 e. The van der Waals surface area contributed by atoms with Crippen molar-refractivity contribution in [3.05, 3.63) is 12.2 Å². The molecule has 0 radical (unpaired) electrons. The van der Waals surface area contributed by atoms with Crippen LogP contribution in [-0.2, 0) is 0 Å². The van der Waals surface area contributed by atoms with Crippen LogP contribution >= 0.6 is 0 Å². The Kier molecular flexibility index (Phi) is 2.72. The summed E-state index contributed by atoms with van der Waals surface area (Å²) in [6, 6.07) is 0.647. The molecule has 0 saturated heterocycles. The van der Waals surface area contributed by atoms with E-state index in [9.17, 15) is 0 Å². The number of nitrogens with one attached hydrogen (secondary N) is 1. The van der Waals surface area contributed by atoms with E-state index in [2.05, 4.69) is 38.2 Å². The summed E-state index contributed by atoms with van der Waals surface area (Å²) in [6.07, 6.45) is 7.08. The van der Waals surface area contributed by atoms with Crippen LogP contribution < -0.4 is 5.32 Å². The first-order valence-electron chi connectivity index (χ1n) is 4.48. The topological polar surface area (TPSA) is 12.0 Å². The van der Waals surface area contributed by atoms with Gasteiger partial charge in [0.1, 0.15) is 0 Å². The van der Waals surface area contributed by atoms with Crippen molar-refractivity contribution < 1.29 is 0 Å². The zero-order valence-electron chi connectivity index (χ0n) is 7.85. The molecule has 1 atom stereocenters. The van der Waals surface area contributed by atoms with Crippen LogP contribution in [0, 0.1) is 5.41 Å². The van der Waals surface area contributed by atoms with Crippen molar-refractivity contribution in [1.82, 2.24) is 5.32 Å². The molecule has 1 nitrogen and oxygen atoms in total. The molecule has 0 aromatic carbocycles. The van der Waals surface area contributed by atoms with Gasteiger partial charge in [-0.25, -0.2) is 0 Å². The summed E-state index contributed by atoms with van der Waals surface area (Å²) in [4.78, 5) is 0. The van der Waals surface area contributed by atoms with Gasteiger partial charge in [0.2, 0.25) is 0 Å². The lowest BCUT2D eigenvalue weighted by molar-refractivity contribution is 0.350. The highest BCUT2D eigenvalue weighted by Gasteiger charge is 2.14. The fraction of sp³-hybridized carbons (Fsp3) is 0.800. The van der Waals surface area contributed by atoms with Crippen LogP contribution in [-0.4, -0.2) is 12.6 Å². The third-order valence-electron chi connectivity index (χ3n) is 2.07. The van der Waals surface area contributed by atoms with E-state index in [1.807, 2.05) is 0 Å². The van der Waals surface area contributed by atoms with Gasteiger partial charge in [-0.05, 0) is 18.3 Å². The van der Waals surface area contributed by atoms with Gasteiger partial charge in [0.15, 0.2) is 0 Å². The van der Waals surface area contributed by atoms with Crippen molar-refractivity contribution in [3.8, 4) is 0 Å². The Bertz CT molecular complexity index is 141. The van der Waals surface area contributed by atoms with E-state index in [-0.39, 0.29) is 0 Å². The van der Waals surface area contributed by atoms with Gasteiger partial charge in [-0.15, -0.1) is 0 Å². The second-order valence-electron chi connectivity index (χ2n) is 4.54. The third kappa shape index (κ3) is 3.57. The molecule has 1 N–H and O–H groups in total. The largest absolute Gasteiger partial charge is 0.307 e. The molecule has 0 aliphatic carbocycles. The minimum atomic E-state index is 0.484. The molecule has 1 aliphatic heterocycles. The molecule has 0 amide bonds. The van der Waals surface area contributed by atoms with E-state index in [0.29, 0.717) is 11.5 Å². The van der Waals surface area contributed by atoms with Crippen LogP contribution in [0.5, 0.6) is 0 Å². The van der Waals surface area contributed by atoms with Crippen molar-refractivity contribution in [2.24, 2.45) is 5.41 Å². The summed E-state index contributed by atoms with van der Waals surface area (Å²) < 4.78 is 0. The standard InChI is InChI=1S/C10H19N/c1-10(2,3)7-6-9-5-4-8-11-9/h4-5,9,11H,6-8H2,1-3H3. The first-order chi connectivity index (χ1) is 5.08. The summed E-state index contributed by atoms with van der Waals surface area (Å²) >= 11 is 0. The van der Waals surface area contributed by atoms with Crippen LogP contribution in [0.1, 0.15) is 33.6 Å². The molecule has 1 heterocycles. The Hall–Kier alpha value is -0.300. The summed E-state index contributed by atoms with van der Waals surface area (Å²) in [7, 11) is 0. The van der Waals surface area contributed by atoms with Gasteiger partial charge < -0.3 is 5.32 Å². The summed E-state index contributed by atoms with van der Waals surface area (Å²) in [5, 5.41) is 3.42. The number of rotatable bonds is 2. The molecule has 1 rings (SSSR count). The van der Waals surface area contributed by atoms with Crippen molar-refractivity contribution >= 4 is 0 Å². The quantitative estimate of drug-likeness (QED) is 0.600. The third-order valence-corrected chi connectivity index (χ3v) is 2.07. The van der Waals surface area contributed by atoms with Crippen LogP contribution in [0.15, 0.2) is 12.2 Å². The molecule has 0 spiro atoms. The smallest absolute Gasteiger partial charge is 0.0253 e. The Morgan fingerprint density at radius 1 is 1.45 bits per heavy atom. The molecule has 11 heavy (non-hydrogen) atoms. The summed E-state index contributed by atoms with van der Waals surface area (Å²) in [5.41, 5.74) is 0.484. The molecule has 1 unspecified atom stereocenters. The number of hydrogen-bond donors (Lipinski definition) is 1. The van der Waals surface area contributed by atoms with Gasteiger partial charge in [0.25, 0.3) is 0 Å². The van der Waals surface area contributed by atoms with E-state index >= 15 is 0 Å². The molecular formula is C10H19N. The molecule has 64 valence electrons. The lowest BCUT2D eigenvalue weighted by atomic mass is 9.89.